The average molecular weight is 593 g/mol. The summed E-state index contributed by atoms with van der Waals surface area (Å²) < 4.78 is 12.1. The quantitative estimate of drug-likeness (QED) is 0.292. The number of ether oxygens (including phenoxy) is 2. The van der Waals surface area contributed by atoms with E-state index in [1.54, 1.807) is 23.1 Å². The summed E-state index contributed by atoms with van der Waals surface area (Å²) in [4.78, 5) is 31.5. The molecule has 2 aromatic carbocycles. The molecular formula is C33H41ClN4O4. The SMILES string of the molecule is CC(C)(C)OC(=O)N1CCC(Oc2cc(C(C)(C)C)ccc2CNc2ccccc2C(=O)Nc2ccc(Cl)cn2)CC1. The Morgan fingerprint density at radius 1 is 1.00 bits per heavy atom. The van der Waals surface area contributed by atoms with E-state index in [0.717, 1.165) is 11.3 Å². The molecule has 4 rings (SSSR count). The third kappa shape index (κ3) is 8.61. The number of hydrogen-bond acceptors (Lipinski definition) is 6. The van der Waals surface area contributed by atoms with Crippen molar-refractivity contribution in [3.05, 3.63) is 82.5 Å². The molecule has 2 amide bonds. The van der Waals surface area contributed by atoms with E-state index in [0.29, 0.717) is 54.6 Å². The molecule has 0 atom stereocenters. The summed E-state index contributed by atoms with van der Waals surface area (Å²) in [6.45, 7) is 13.8. The van der Waals surface area contributed by atoms with E-state index in [1.807, 2.05) is 39.0 Å². The van der Waals surface area contributed by atoms with Crippen LogP contribution in [0.4, 0.5) is 16.3 Å². The lowest BCUT2D eigenvalue weighted by molar-refractivity contribution is 0.0125. The van der Waals surface area contributed by atoms with E-state index < -0.39 is 5.60 Å². The third-order valence-corrected chi connectivity index (χ3v) is 7.15. The lowest BCUT2D eigenvalue weighted by Gasteiger charge is -2.34. The van der Waals surface area contributed by atoms with E-state index in [1.165, 1.54) is 11.8 Å². The highest BCUT2D eigenvalue weighted by molar-refractivity contribution is 6.30. The molecule has 1 aliphatic heterocycles. The van der Waals surface area contributed by atoms with E-state index in [-0.39, 0.29) is 23.5 Å². The fourth-order valence-electron chi connectivity index (χ4n) is 4.60. The van der Waals surface area contributed by atoms with Crippen LogP contribution in [-0.4, -0.2) is 46.7 Å². The molecule has 0 spiro atoms. The molecule has 0 bridgehead atoms. The van der Waals surface area contributed by atoms with Crippen molar-refractivity contribution in [1.29, 1.82) is 0 Å². The van der Waals surface area contributed by atoms with Crippen LogP contribution in [0.5, 0.6) is 5.75 Å². The number of anilines is 2. The number of aromatic nitrogens is 1. The van der Waals surface area contributed by atoms with Gasteiger partial charge in [0.05, 0.1) is 10.6 Å². The summed E-state index contributed by atoms with van der Waals surface area (Å²) in [6.07, 6.45) is 2.62. The van der Waals surface area contributed by atoms with E-state index >= 15 is 0 Å². The molecule has 2 heterocycles. The number of nitrogens with one attached hydrogen (secondary N) is 2. The van der Waals surface area contributed by atoms with Gasteiger partial charge in [-0.15, -0.1) is 0 Å². The van der Waals surface area contributed by atoms with Crippen LogP contribution in [0.3, 0.4) is 0 Å². The maximum atomic E-state index is 13.1. The second kappa shape index (κ2) is 13.0. The number of amides is 2. The molecule has 0 unspecified atom stereocenters. The number of halogens is 1. The van der Waals surface area contributed by atoms with Gasteiger partial charge in [0, 0.05) is 49.9 Å². The van der Waals surface area contributed by atoms with Gasteiger partial charge in [0.1, 0.15) is 23.3 Å². The highest BCUT2D eigenvalue weighted by Gasteiger charge is 2.28. The number of piperidine rings is 1. The number of rotatable bonds is 7. The molecule has 0 radical (unpaired) electrons. The molecule has 9 heteroatoms. The zero-order valence-corrected chi connectivity index (χ0v) is 26.0. The van der Waals surface area contributed by atoms with Gasteiger partial charge in [-0.3, -0.25) is 4.79 Å². The Morgan fingerprint density at radius 2 is 1.71 bits per heavy atom. The number of nitrogens with zero attached hydrogens (tertiary/aromatic N) is 2. The van der Waals surface area contributed by atoms with Crippen molar-refractivity contribution < 1.29 is 19.1 Å². The van der Waals surface area contributed by atoms with E-state index in [9.17, 15) is 9.59 Å². The predicted octanol–water partition coefficient (Wildman–Crippen LogP) is 7.68. The second-order valence-corrected chi connectivity index (χ2v) is 13.0. The van der Waals surface area contributed by atoms with E-state index in [2.05, 4.69) is 54.6 Å². The van der Waals surface area contributed by atoms with Crippen LogP contribution in [0.25, 0.3) is 0 Å². The number of likely N-dealkylation sites (tertiary alicyclic amines) is 1. The summed E-state index contributed by atoms with van der Waals surface area (Å²) in [6, 6.07) is 17.0. The summed E-state index contributed by atoms with van der Waals surface area (Å²) in [5.74, 6) is 0.951. The number of benzene rings is 2. The molecule has 1 saturated heterocycles. The number of pyridine rings is 1. The van der Waals surface area contributed by atoms with Crippen molar-refractivity contribution >= 4 is 35.1 Å². The molecule has 8 nitrogen and oxygen atoms in total. The molecule has 0 aliphatic carbocycles. The van der Waals surface area contributed by atoms with Crippen LogP contribution < -0.4 is 15.4 Å². The maximum Gasteiger partial charge on any atom is 0.410 e. The number of carbonyl (C=O) groups excluding carboxylic acids is 2. The van der Waals surface area contributed by atoms with E-state index in [4.69, 9.17) is 21.1 Å². The Hall–Kier alpha value is -3.78. The zero-order chi connectivity index (χ0) is 30.5. The fraction of sp³-hybridized carbons (Fsp3) is 0.424. The summed E-state index contributed by atoms with van der Waals surface area (Å²) in [5.41, 5.74) is 2.77. The van der Waals surface area contributed by atoms with Gasteiger partial charge in [-0.25, -0.2) is 9.78 Å². The van der Waals surface area contributed by atoms with Crippen molar-refractivity contribution in [3.63, 3.8) is 0 Å². The Bertz CT molecular complexity index is 1390. The highest BCUT2D eigenvalue weighted by Crippen LogP contribution is 2.32. The van der Waals surface area contributed by atoms with Gasteiger partial charge in [0.25, 0.3) is 5.91 Å². The maximum absolute atomic E-state index is 13.1. The Kier molecular flexibility index (Phi) is 9.67. The van der Waals surface area contributed by atoms with Gasteiger partial charge in [-0.05, 0) is 62.1 Å². The molecule has 1 aliphatic rings. The van der Waals surface area contributed by atoms with Crippen LogP contribution in [0.15, 0.2) is 60.8 Å². The number of carbonyl (C=O) groups is 2. The molecule has 3 aromatic rings. The fourth-order valence-corrected chi connectivity index (χ4v) is 4.71. The summed E-state index contributed by atoms with van der Waals surface area (Å²) in [5, 5.41) is 6.76. The minimum Gasteiger partial charge on any atom is -0.490 e. The molecule has 1 fully saturated rings. The first-order chi connectivity index (χ1) is 19.8. The van der Waals surface area contributed by atoms with Crippen LogP contribution in [0, 0.1) is 0 Å². The van der Waals surface area contributed by atoms with Crippen molar-refractivity contribution in [1.82, 2.24) is 9.88 Å². The normalized spacial score (nSPS) is 14.3. The Balaban J connectivity index is 1.47. The van der Waals surface area contributed by atoms with Gasteiger partial charge >= 0.3 is 6.09 Å². The minimum absolute atomic E-state index is 0.0254. The first kappa shape index (κ1) is 31.2. The smallest absolute Gasteiger partial charge is 0.410 e. The van der Waals surface area contributed by atoms with Gasteiger partial charge < -0.3 is 25.0 Å². The topological polar surface area (TPSA) is 92.8 Å². The molecule has 1 aromatic heterocycles. The zero-order valence-electron chi connectivity index (χ0n) is 25.3. The van der Waals surface area contributed by atoms with Gasteiger partial charge in [-0.2, -0.15) is 0 Å². The molecule has 42 heavy (non-hydrogen) atoms. The van der Waals surface area contributed by atoms with Crippen molar-refractivity contribution in [2.24, 2.45) is 0 Å². The van der Waals surface area contributed by atoms with Crippen molar-refractivity contribution in [3.8, 4) is 5.75 Å². The first-order valence-corrected chi connectivity index (χ1v) is 14.7. The minimum atomic E-state index is -0.522. The molecular weight excluding hydrogens is 552 g/mol. The van der Waals surface area contributed by atoms with Crippen molar-refractivity contribution in [2.45, 2.75) is 78.0 Å². The standard InChI is InChI=1S/C33H41ClN4O4/c1-32(2,3)23-12-11-22(28(19-23)41-25-15-17-38(18-16-25)31(40)42-33(4,5)6)20-35-27-10-8-7-9-26(27)30(39)37-29-14-13-24(34)21-36-29/h7-14,19,21,25,35H,15-18,20H2,1-6H3,(H,36,37,39). The average Bonchev–Trinajstić information content (AvgIpc) is 2.92. The molecule has 0 saturated carbocycles. The van der Waals surface area contributed by atoms with Crippen LogP contribution in [0.1, 0.15) is 75.9 Å². The third-order valence-electron chi connectivity index (χ3n) is 6.93. The Labute approximate surface area is 253 Å². The first-order valence-electron chi connectivity index (χ1n) is 14.3. The van der Waals surface area contributed by atoms with Gasteiger partial charge in [0.2, 0.25) is 0 Å². The summed E-state index contributed by atoms with van der Waals surface area (Å²) in [7, 11) is 0. The monoisotopic (exact) mass is 592 g/mol. The lowest BCUT2D eigenvalue weighted by Crippen LogP contribution is -2.44. The number of para-hydroxylation sites is 1. The van der Waals surface area contributed by atoms with Crippen LogP contribution in [0.2, 0.25) is 5.02 Å². The predicted molar refractivity (Wildman–Crippen MR) is 168 cm³/mol. The highest BCUT2D eigenvalue weighted by atomic mass is 35.5. The largest absolute Gasteiger partial charge is 0.490 e. The lowest BCUT2D eigenvalue weighted by atomic mass is 9.86. The molecule has 2 N–H and O–H groups in total. The van der Waals surface area contributed by atoms with Crippen molar-refractivity contribution in [2.75, 3.05) is 23.7 Å². The van der Waals surface area contributed by atoms with Gasteiger partial charge in [0.15, 0.2) is 0 Å². The molecule has 224 valence electrons. The Morgan fingerprint density at radius 3 is 2.36 bits per heavy atom. The van der Waals surface area contributed by atoms with Crippen LogP contribution >= 0.6 is 11.6 Å². The van der Waals surface area contributed by atoms with Crippen LogP contribution in [-0.2, 0) is 16.7 Å². The number of hydrogen-bond donors (Lipinski definition) is 2. The summed E-state index contributed by atoms with van der Waals surface area (Å²) >= 11 is 5.92. The van der Waals surface area contributed by atoms with Gasteiger partial charge in [-0.1, -0.05) is 56.6 Å². The second-order valence-electron chi connectivity index (χ2n) is 12.6.